The van der Waals surface area contributed by atoms with E-state index in [1.807, 2.05) is 25.1 Å². The van der Waals surface area contributed by atoms with E-state index in [9.17, 15) is 13.2 Å². The third-order valence-electron chi connectivity index (χ3n) is 2.92. The molecule has 0 heterocycles. The van der Waals surface area contributed by atoms with E-state index in [0.29, 0.717) is 0 Å². The van der Waals surface area contributed by atoms with Gasteiger partial charge in [0.25, 0.3) is 0 Å². The Balaban J connectivity index is 2.82. The number of hydrogen-bond acceptors (Lipinski definition) is 2. The minimum Gasteiger partial charge on any atom is -0.374 e. The summed E-state index contributed by atoms with van der Waals surface area (Å²) in [6, 6.07) is 7.20. The Morgan fingerprint density at radius 2 is 1.89 bits per heavy atom. The van der Waals surface area contributed by atoms with Crippen molar-refractivity contribution in [2.75, 3.05) is 18.5 Å². The van der Waals surface area contributed by atoms with Crippen molar-refractivity contribution in [2.45, 2.75) is 32.0 Å². The maximum Gasteiger partial charge on any atom is 0.390 e. The van der Waals surface area contributed by atoms with Crippen LogP contribution in [0.3, 0.4) is 0 Å². The van der Waals surface area contributed by atoms with Crippen LogP contribution in [0, 0.1) is 0 Å². The number of alkyl halides is 3. The van der Waals surface area contributed by atoms with Crippen LogP contribution in [0.15, 0.2) is 24.3 Å². The van der Waals surface area contributed by atoms with Gasteiger partial charge >= 0.3 is 6.18 Å². The van der Waals surface area contributed by atoms with Gasteiger partial charge in [0.1, 0.15) is 0 Å². The van der Waals surface area contributed by atoms with Crippen molar-refractivity contribution in [1.29, 1.82) is 0 Å². The highest BCUT2D eigenvalue weighted by Crippen LogP contribution is 2.27. The lowest BCUT2D eigenvalue weighted by molar-refractivity contribution is -0.132. The number of rotatable bonds is 5. The first-order valence-corrected chi connectivity index (χ1v) is 5.97. The SMILES string of the molecule is CCC(N)c1ccccc1N(C)CCC(F)(F)F. The average molecular weight is 260 g/mol. The standard InChI is InChI=1S/C13H19F3N2/c1-3-11(17)10-6-4-5-7-12(10)18(2)9-8-13(14,15)16/h4-7,11H,3,8-9,17H2,1-2H3. The van der Waals surface area contributed by atoms with Gasteiger partial charge in [0.2, 0.25) is 0 Å². The Morgan fingerprint density at radius 3 is 2.44 bits per heavy atom. The van der Waals surface area contributed by atoms with Gasteiger partial charge in [-0.1, -0.05) is 25.1 Å². The Hall–Kier alpha value is -1.23. The molecule has 2 nitrogen and oxygen atoms in total. The van der Waals surface area contributed by atoms with E-state index in [0.717, 1.165) is 17.7 Å². The number of hydrogen-bond donors (Lipinski definition) is 1. The molecule has 0 aliphatic heterocycles. The quantitative estimate of drug-likeness (QED) is 0.878. The van der Waals surface area contributed by atoms with Gasteiger partial charge in [-0.05, 0) is 18.1 Å². The Kier molecular flexibility index (Phi) is 5.02. The molecule has 5 heteroatoms. The van der Waals surface area contributed by atoms with Crippen molar-refractivity contribution in [3.63, 3.8) is 0 Å². The van der Waals surface area contributed by atoms with Gasteiger partial charge in [-0.2, -0.15) is 13.2 Å². The lowest BCUT2D eigenvalue weighted by atomic mass is 10.0. The van der Waals surface area contributed by atoms with Crippen LogP contribution in [0.2, 0.25) is 0 Å². The van der Waals surface area contributed by atoms with E-state index < -0.39 is 12.6 Å². The second-order valence-electron chi connectivity index (χ2n) is 4.36. The van der Waals surface area contributed by atoms with Gasteiger partial charge in [0.05, 0.1) is 6.42 Å². The van der Waals surface area contributed by atoms with Crippen molar-refractivity contribution in [2.24, 2.45) is 5.73 Å². The van der Waals surface area contributed by atoms with Crippen molar-refractivity contribution in [3.8, 4) is 0 Å². The number of anilines is 1. The summed E-state index contributed by atoms with van der Waals surface area (Å²) in [5.41, 5.74) is 7.63. The molecule has 0 radical (unpaired) electrons. The average Bonchev–Trinajstić information content (AvgIpc) is 2.34. The molecule has 18 heavy (non-hydrogen) atoms. The van der Waals surface area contributed by atoms with Crippen LogP contribution in [0.25, 0.3) is 0 Å². The first-order valence-electron chi connectivity index (χ1n) is 5.97. The maximum atomic E-state index is 12.2. The third kappa shape index (κ3) is 4.22. The van der Waals surface area contributed by atoms with Crippen LogP contribution in [-0.2, 0) is 0 Å². The Labute approximate surface area is 106 Å². The first kappa shape index (κ1) is 14.8. The summed E-state index contributed by atoms with van der Waals surface area (Å²) < 4.78 is 36.6. The minimum absolute atomic E-state index is 0.0586. The number of nitrogens with two attached hydrogens (primary N) is 1. The molecule has 1 atom stereocenters. The lowest BCUT2D eigenvalue weighted by Crippen LogP contribution is -2.26. The molecular weight excluding hydrogens is 241 g/mol. The summed E-state index contributed by atoms with van der Waals surface area (Å²) in [5.74, 6) is 0. The van der Waals surface area contributed by atoms with Crippen molar-refractivity contribution in [3.05, 3.63) is 29.8 Å². The number of nitrogens with zero attached hydrogens (tertiary/aromatic N) is 1. The van der Waals surface area contributed by atoms with Crippen LogP contribution < -0.4 is 10.6 Å². The van der Waals surface area contributed by atoms with Crippen molar-refractivity contribution in [1.82, 2.24) is 0 Å². The number of benzene rings is 1. The topological polar surface area (TPSA) is 29.3 Å². The zero-order valence-corrected chi connectivity index (χ0v) is 10.7. The summed E-state index contributed by atoms with van der Waals surface area (Å²) in [6.07, 6.45) is -4.20. The van der Waals surface area contributed by atoms with E-state index in [4.69, 9.17) is 5.73 Å². The molecule has 102 valence electrons. The van der Waals surface area contributed by atoms with Gasteiger partial charge in [-0.25, -0.2) is 0 Å². The highest BCUT2D eigenvalue weighted by atomic mass is 19.4. The van der Waals surface area contributed by atoms with Crippen molar-refractivity contribution >= 4 is 5.69 Å². The van der Waals surface area contributed by atoms with Gasteiger partial charge in [0.15, 0.2) is 0 Å². The second kappa shape index (κ2) is 6.09. The largest absolute Gasteiger partial charge is 0.390 e. The molecule has 0 fully saturated rings. The van der Waals surface area contributed by atoms with Crippen LogP contribution in [0.1, 0.15) is 31.4 Å². The zero-order valence-electron chi connectivity index (χ0n) is 10.7. The fourth-order valence-corrected chi connectivity index (χ4v) is 1.78. The van der Waals surface area contributed by atoms with E-state index in [2.05, 4.69) is 0 Å². The normalized spacial score (nSPS) is 13.4. The van der Waals surface area contributed by atoms with Gasteiger partial charge < -0.3 is 10.6 Å². The molecule has 1 unspecified atom stereocenters. The monoisotopic (exact) mass is 260 g/mol. The minimum atomic E-state index is -4.13. The van der Waals surface area contributed by atoms with Crippen LogP contribution in [-0.4, -0.2) is 19.8 Å². The molecule has 1 aromatic rings. The zero-order chi connectivity index (χ0) is 13.8. The van der Waals surface area contributed by atoms with Gasteiger partial charge in [-0.3, -0.25) is 0 Å². The van der Waals surface area contributed by atoms with Crippen LogP contribution >= 0.6 is 0 Å². The molecular formula is C13H19F3N2. The Morgan fingerprint density at radius 1 is 1.28 bits per heavy atom. The van der Waals surface area contributed by atoms with E-state index in [1.165, 1.54) is 0 Å². The first-order chi connectivity index (χ1) is 8.35. The highest BCUT2D eigenvalue weighted by Gasteiger charge is 2.27. The van der Waals surface area contributed by atoms with Crippen LogP contribution in [0.4, 0.5) is 18.9 Å². The molecule has 2 N–H and O–H groups in total. The molecule has 0 aromatic heterocycles. The van der Waals surface area contributed by atoms with Crippen LogP contribution in [0.5, 0.6) is 0 Å². The summed E-state index contributed by atoms with van der Waals surface area (Å²) in [5, 5.41) is 0. The predicted octanol–water partition coefficient (Wildman–Crippen LogP) is 3.49. The smallest absolute Gasteiger partial charge is 0.374 e. The molecule has 0 aliphatic carbocycles. The third-order valence-corrected chi connectivity index (χ3v) is 2.92. The number of para-hydroxylation sites is 1. The molecule has 1 rings (SSSR count). The summed E-state index contributed by atoms with van der Waals surface area (Å²) in [6.45, 7) is 1.90. The molecule has 0 bridgehead atoms. The molecule has 0 aliphatic rings. The fourth-order valence-electron chi connectivity index (χ4n) is 1.78. The Bertz CT molecular complexity index is 377. The van der Waals surface area contributed by atoms with E-state index in [-0.39, 0.29) is 12.6 Å². The molecule has 0 saturated heterocycles. The fraction of sp³-hybridized carbons (Fsp3) is 0.538. The molecule has 0 amide bonds. The maximum absolute atomic E-state index is 12.2. The summed E-state index contributed by atoms with van der Waals surface area (Å²) in [4.78, 5) is 1.61. The molecule has 0 saturated carbocycles. The second-order valence-corrected chi connectivity index (χ2v) is 4.36. The number of halogens is 3. The lowest BCUT2D eigenvalue weighted by Gasteiger charge is -2.25. The molecule has 1 aromatic carbocycles. The van der Waals surface area contributed by atoms with Gasteiger partial charge in [-0.15, -0.1) is 0 Å². The van der Waals surface area contributed by atoms with E-state index in [1.54, 1.807) is 18.0 Å². The summed E-state index contributed by atoms with van der Waals surface area (Å²) >= 11 is 0. The summed E-state index contributed by atoms with van der Waals surface area (Å²) in [7, 11) is 1.66. The molecule has 0 spiro atoms. The van der Waals surface area contributed by atoms with Crippen molar-refractivity contribution < 1.29 is 13.2 Å². The predicted molar refractivity (Wildman–Crippen MR) is 67.6 cm³/mol. The highest BCUT2D eigenvalue weighted by molar-refractivity contribution is 5.54. The van der Waals surface area contributed by atoms with Gasteiger partial charge in [0, 0.05) is 25.3 Å². The van der Waals surface area contributed by atoms with E-state index >= 15 is 0 Å².